The number of hydrogen-bond donors (Lipinski definition) is 2. The molecule has 0 amide bonds. The van der Waals surface area contributed by atoms with Crippen molar-refractivity contribution in [2.75, 3.05) is 0 Å². The Bertz CT molecular complexity index is 531. The zero-order valence-corrected chi connectivity index (χ0v) is 9.15. The second kappa shape index (κ2) is 3.86. The van der Waals surface area contributed by atoms with Crippen molar-refractivity contribution in [3.05, 3.63) is 45.2 Å². The molecule has 0 aliphatic carbocycles. The second-order valence-electron chi connectivity index (χ2n) is 2.97. The van der Waals surface area contributed by atoms with Crippen molar-refractivity contribution in [2.45, 2.75) is 0 Å². The van der Waals surface area contributed by atoms with E-state index in [2.05, 4.69) is 26.1 Å². The molecule has 0 radical (unpaired) electrons. The molecule has 2 aromatic rings. The fraction of sp³-hybridized carbons (Fsp3) is 0. The Balaban J connectivity index is 2.58. The van der Waals surface area contributed by atoms with Gasteiger partial charge in [0.1, 0.15) is 5.75 Å². The predicted octanol–water partition coefficient (Wildman–Crippen LogP) is 1.90. The van der Waals surface area contributed by atoms with Crippen molar-refractivity contribution in [3.63, 3.8) is 0 Å². The molecule has 1 aromatic carbocycles. The van der Waals surface area contributed by atoms with E-state index in [-0.39, 0.29) is 11.3 Å². The van der Waals surface area contributed by atoms with Crippen molar-refractivity contribution in [1.82, 2.24) is 10.2 Å². The molecule has 1 heterocycles. The quantitative estimate of drug-likeness (QED) is 0.829. The van der Waals surface area contributed by atoms with Crippen LogP contribution in [0, 0.1) is 0 Å². The number of benzene rings is 1. The molecule has 0 saturated carbocycles. The maximum Gasteiger partial charge on any atom is 0.264 e. The number of nitrogens with one attached hydrogen (secondary N) is 1. The first kappa shape index (κ1) is 9.92. The van der Waals surface area contributed by atoms with E-state index in [1.165, 1.54) is 6.07 Å². The molecule has 0 saturated heterocycles. The first-order valence-electron chi connectivity index (χ1n) is 4.21. The van der Waals surface area contributed by atoms with Gasteiger partial charge in [-0.25, -0.2) is 5.10 Å². The maximum absolute atomic E-state index is 10.8. The Morgan fingerprint density at radius 2 is 2.07 bits per heavy atom. The zero-order chi connectivity index (χ0) is 10.8. The van der Waals surface area contributed by atoms with E-state index in [1.807, 2.05) is 0 Å². The van der Waals surface area contributed by atoms with E-state index < -0.39 is 0 Å². The lowest BCUT2D eigenvalue weighted by Crippen LogP contribution is -2.05. The van der Waals surface area contributed by atoms with Gasteiger partial charge in [0.2, 0.25) is 0 Å². The van der Waals surface area contributed by atoms with Crippen molar-refractivity contribution in [2.24, 2.45) is 0 Å². The predicted molar refractivity (Wildman–Crippen MR) is 59.7 cm³/mol. The largest absolute Gasteiger partial charge is 0.507 e. The van der Waals surface area contributed by atoms with E-state index in [0.29, 0.717) is 11.3 Å². The van der Waals surface area contributed by atoms with Gasteiger partial charge in [0, 0.05) is 16.1 Å². The van der Waals surface area contributed by atoms with Crippen LogP contribution in [0.2, 0.25) is 0 Å². The number of H-pyrrole nitrogens is 1. The molecule has 0 aliphatic rings. The Kier molecular flexibility index (Phi) is 2.55. The third kappa shape index (κ3) is 2.07. The van der Waals surface area contributed by atoms with Gasteiger partial charge in [0.25, 0.3) is 5.56 Å². The molecule has 0 atom stereocenters. The minimum Gasteiger partial charge on any atom is -0.507 e. The van der Waals surface area contributed by atoms with Gasteiger partial charge in [-0.3, -0.25) is 4.79 Å². The van der Waals surface area contributed by atoms with Crippen molar-refractivity contribution in [1.29, 1.82) is 0 Å². The summed E-state index contributed by atoms with van der Waals surface area (Å²) in [5.41, 5.74) is 0.822. The number of aromatic hydroxyl groups is 1. The highest BCUT2D eigenvalue weighted by Crippen LogP contribution is 2.29. The molecule has 0 fully saturated rings. The smallest absolute Gasteiger partial charge is 0.264 e. The number of hydrogen-bond acceptors (Lipinski definition) is 3. The summed E-state index contributed by atoms with van der Waals surface area (Å²) in [6.07, 6.45) is 0. The van der Waals surface area contributed by atoms with Crippen LogP contribution < -0.4 is 5.56 Å². The highest BCUT2D eigenvalue weighted by molar-refractivity contribution is 9.10. The van der Waals surface area contributed by atoms with E-state index in [1.54, 1.807) is 24.3 Å². The third-order valence-electron chi connectivity index (χ3n) is 1.91. The lowest BCUT2D eigenvalue weighted by atomic mass is 10.1. The van der Waals surface area contributed by atoms with Gasteiger partial charge < -0.3 is 5.11 Å². The highest BCUT2D eigenvalue weighted by Gasteiger charge is 2.05. The second-order valence-corrected chi connectivity index (χ2v) is 3.88. The first-order valence-corrected chi connectivity index (χ1v) is 5.01. The molecule has 76 valence electrons. The minimum atomic E-state index is -0.270. The van der Waals surface area contributed by atoms with E-state index in [0.717, 1.165) is 4.47 Å². The Morgan fingerprint density at radius 1 is 1.27 bits per heavy atom. The van der Waals surface area contributed by atoms with Crippen molar-refractivity contribution in [3.8, 4) is 17.0 Å². The number of rotatable bonds is 1. The Labute approximate surface area is 93.7 Å². The minimum absolute atomic E-state index is 0.123. The summed E-state index contributed by atoms with van der Waals surface area (Å²) in [6, 6.07) is 7.94. The SMILES string of the molecule is O=c1ccc(-c2cc(Br)ccc2O)n[nH]1. The van der Waals surface area contributed by atoms with Crippen molar-refractivity contribution < 1.29 is 5.11 Å². The van der Waals surface area contributed by atoms with E-state index in [9.17, 15) is 9.90 Å². The van der Waals surface area contributed by atoms with Gasteiger partial charge in [-0.15, -0.1) is 0 Å². The summed E-state index contributed by atoms with van der Waals surface area (Å²) in [5, 5.41) is 15.8. The first-order chi connectivity index (χ1) is 7.16. The molecular formula is C10H7BrN2O2. The number of aromatic amines is 1. The number of nitrogens with zero attached hydrogens (tertiary/aromatic N) is 1. The van der Waals surface area contributed by atoms with Gasteiger partial charge in [0.05, 0.1) is 5.69 Å². The average Bonchev–Trinajstić information content (AvgIpc) is 2.23. The molecule has 4 nitrogen and oxygen atoms in total. The van der Waals surface area contributed by atoms with Gasteiger partial charge in [0.15, 0.2) is 0 Å². The zero-order valence-electron chi connectivity index (χ0n) is 7.57. The molecule has 5 heteroatoms. The molecule has 0 aliphatic heterocycles. The number of phenols is 1. The molecule has 15 heavy (non-hydrogen) atoms. The van der Waals surface area contributed by atoms with Gasteiger partial charge in [-0.2, -0.15) is 5.10 Å². The van der Waals surface area contributed by atoms with E-state index >= 15 is 0 Å². The summed E-state index contributed by atoms with van der Waals surface area (Å²) >= 11 is 3.30. The summed E-state index contributed by atoms with van der Waals surface area (Å²) in [6.45, 7) is 0. The fourth-order valence-electron chi connectivity index (χ4n) is 1.21. The number of halogens is 1. The highest BCUT2D eigenvalue weighted by atomic mass is 79.9. The molecule has 0 spiro atoms. The number of aromatic nitrogens is 2. The molecule has 2 rings (SSSR count). The van der Waals surface area contributed by atoms with Gasteiger partial charge in [-0.1, -0.05) is 15.9 Å². The number of phenolic OH excluding ortho intramolecular Hbond substituents is 1. The van der Waals surface area contributed by atoms with Crippen LogP contribution in [0.25, 0.3) is 11.3 Å². The van der Waals surface area contributed by atoms with Crippen LogP contribution in [-0.4, -0.2) is 15.3 Å². The van der Waals surface area contributed by atoms with Crippen LogP contribution in [0.3, 0.4) is 0 Å². The van der Waals surface area contributed by atoms with Crippen LogP contribution >= 0.6 is 15.9 Å². The molecule has 0 unspecified atom stereocenters. The van der Waals surface area contributed by atoms with Crippen LogP contribution in [0.15, 0.2) is 39.6 Å². The van der Waals surface area contributed by atoms with Crippen LogP contribution in [0.4, 0.5) is 0 Å². The molecule has 1 aromatic heterocycles. The third-order valence-corrected chi connectivity index (χ3v) is 2.41. The summed E-state index contributed by atoms with van der Waals surface area (Å²) < 4.78 is 0.836. The van der Waals surface area contributed by atoms with Crippen LogP contribution in [0.5, 0.6) is 5.75 Å². The summed E-state index contributed by atoms with van der Waals surface area (Å²) in [5.74, 6) is 0.123. The van der Waals surface area contributed by atoms with Crippen LogP contribution in [0.1, 0.15) is 0 Å². The lowest BCUT2D eigenvalue weighted by Gasteiger charge is -2.03. The fourth-order valence-corrected chi connectivity index (χ4v) is 1.57. The lowest BCUT2D eigenvalue weighted by molar-refractivity contribution is 0.477. The Hall–Kier alpha value is -1.62. The van der Waals surface area contributed by atoms with Crippen molar-refractivity contribution >= 4 is 15.9 Å². The van der Waals surface area contributed by atoms with E-state index in [4.69, 9.17) is 0 Å². The normalized spacial score (nSPS) is 10.2. The summed E-state index contributed by atoms with van der Waals surface area (Å²) in [4.78, 5) is 10.8. The standard InChI is InChI=1S/C10H7BrN2O2/c11-6-1-3-9(14)7(5-6)8-2-4-10(15)13-12-8/h1-5,14H,(H,13,15). The topological polar surface area (TPSA) is 66.0 Å². The van der Waals surface area contributed by atoms with Gasteiger partial charge >= 0.3 is 0 Å². The molecular weight excluding hydrogens is 260 g/mol. The van der Waals surface area contributed by atoms with Gasteiger partial charge in [-0.05, 0) is 24.3 Å². The molecule has 2 N–H and O–H groups in total. The summed E-state index contributed by atoms with van der Waals surface area (Å²) in [7, 11) is 0. The maximum atomic E-state index is 10.8. The Morgan fingerprint density at radius 3 is 2.73 bits per heavy atom. The average molecular weight is 267 g/mol. The molecule has 0 bridgehead atoms. The monoisotopic (exact) mass is 266 g/mol. The van der Waals surface area contributed by atoms with Crippen LogP contribution in [-0.2, 0) is 0 Å².